The highest BCUT2D eigenvalue weighted by atomic mass is 16.7. The Morgan fingerprint density at radius 1 is 1.53 bits per heavy atom. The molecule has 0 spiro atoms. The first-order chi connectivity index (χ1) is 8.36. The van der Waals surface area contributed by atoms with Crippen LogP contribution in [0.1, 0.15) is 31.9 Å². The minimum atomic E-state index is -0.0171. The quantitative estimate of drug-likeness (QED) is 0.801. The van der Waals surface area contributed by atoms with Crippen LogP contribution in [0, 0.1) is 0 Å². The van der Waals surface area contributed by atoms with Gasteiger partial charge in [-0.05, 0) is 43.9 Å². The summed E-state index contributed by atoms with van der Waals surface area (Å²) in [5, 5.41) is 0. The van der Waals surface area contributed by atoms with Gasteiger partial charge < -0.3 is 9.47 Å². The first-order valence-electron chi connectivity index (χ1n) is 6.17. The third kappa shape index (κ3) is 3.95. The van der Waals surface area contributed by atoms with Gasteiger partial charge in [0.1, 0.15) is 0 Å². The van der Waals surface area contributed by atoms with E-state index in [-0.39, 0.29) is 6.29 Å². The average molecular weight is 233 g/mol. The molecule has 0 saturated carbocycles. The number of ether oxygens (including phenoxy) is 2. The molecule has 1 aromatic rings. The van der Waals surface area contributed by atoms with Crippen molar-refractivity contribution in [1.82, 2.24) is 4.98 Å². The molecule has 1 unspecified atom stereocenters. The number of hydrogen-bond donors (Lipinski definition) is 0. The van der Waals surface area contributed by atoms with Crippen molar-refractivity contribution in [2.45, 2.75) is 32.5 Å². The van der Waals surface area contributed by atoms with E-state index in [1.807, 2.05) is 25.1 Å². The Bertz CT molecular complexity index is 356. The summed E-state index contributed by atoms with van der Waals surface area (Å²) in [5.74, 6) is 0. The van der Waals surface area contributed by atoms with Crippen molar-refractivity contribution in [2.75, 3.05) is 13.2 Å². The van der Waals surface area contributed by atoms with Crippen molar-refractivity contribution in [1.29, 1.82) is 0 Å². The largest absolute Gasteiger partial charge is 0.353 e. The minimum Gasteiger partial charge on any atom is -0.353 e. The molecule has 1 aromatic heterocycles. The molecule has 0 N–H and O–H groups in total. The summed E-state index contributed by atoms with van der Waals surface area (Å²) in [6.45, 7) is 3.47. The van der Waals surface area contributed by atoms with E-state index < -0.39 is 0 Å². The number of pyridine rings is 1. The zero-order valence-corrected chi connectivity index (χ0v) is 10.3. The van der Waals surface area contributed by atoms with Crippen molar-refractivity contribution >= 4 is 5.57 Å². The van der Waals surface area contributed by atoms with Crippen LogP contribution < -0.4 is 0 Å². The highest BCUT2D eigenvalue weighted by molar-refractivity contribution is 5.60. The average Bonchev–Trinajstić information content (AvgIpc) is 2.41. The van der Waals surface area contributed by atoms with E-state index in [2.05, 4.69) is 11.1 Å². The minimum absolute atomic E-state index is 0.0171. The van der Waals surface area contributed by atoms with Gasteiger partial charge in [0, 0.05) is 12.8 Å². The lowest BCUT2D eigenvalue weighted by Crippen LogP contribution is -2.22. The molecule has 1 aliphatic rings. The van der Waals surface area contributed by atoms with E-state index in [1.54, 1.807) is 6.20 Å². The van der Waals surface area contributed by atoms with Gasteiger partial charge in [-0.1, -0.05) is 12.1 Å². The molecule has 0 aromatic carbocycles. The van der Waals surface area contributed by atoms with Gasteiger partial charge in [-0.2, -0.15) is 0 Å². The molecule has 0 bridgehead atoms. The molecule has 3 nitrogen and oxygen atoms in total. The summed E-state index contributed by atoms with van der Waals surface area (Å²) < 4.78 is 11.1. The van der Waals surface area contributed by atoms with E-state index in [1.165, 1.54) is 6.42 Å². The van der Waals surface area contributed by atoms with Crippen LogP contribution in [0.2, 0.25) is 0 Å². The number of allylic oxidation sites excluding steroid dienone is 1. The van der Waals surface area contributed by atoms with Crippen LogP contribution in [0.15, 0.2) is 30.5 Å². The van der Waals surface area contributed by atoms with Crippen molar-refractivity contribution in [2.24, 2.45) is 0 Å². The molecule has 1 saturated heterocycles. The van der Waals surface area contributed by atoms with E-state index in [9.17, 15) is 0 Å². The summed E-state index contributed by atoms with van der Waals surface area (Å²) in [7, 11) is 0. The predicted octanol–water partition coefficient (Wildman–Crippen LogP) is 3.03. The molecule has 2 heterocycles. The van der Waals surface area contributed by atoms with Crippen molar-refractivity contribution in [3.05, 3.63) is 36.2 Å². The summed E-state index contributed by atoms with van der Waals surface area (Å²) >= 11 is 0. The molecular formula is C14H19NO2. The maximum Gasteiger partial charge on any atom is 0.157 e. The molecule has 0 amide bonds. The first-order valence-corrected chi connectivity index (χ1v) is 6.17. The van der Waals surface area contributed by atoms with Gasteiger partial charge in [0.2, 0.25) is 0 Å². The molecule has 0 radical (unpaired) electrons. The maximum atomic E-state index is 5.65. The second-order valence-electron chi connectivity index (χ2n) is 4.23. The van der Waals surface area contributed by atoms with Crippen LogP contribution in [0.3, 0.4) is 0 Å². The Balaban J connectivity index is 1.80. The van der Waals surface area contributed by atoms with Gasteiger partial charge in [0.05, 0.1) is 12.3 Å². The zero-order valence-electron chi connectivity index (χ0n) is 10.3. The summed E-state index contributed by atoms with van der Waals surface area (Å²) in [4.78, 5) is 4.29. The fraction of sp³-hybridized carbons (Fsp3) is 0.500. The lowest BCUT2D eigenvalue weighted by Gasteiger charge is -2.22. The van der Waals surface area contributed by atoms with Gasteiger partial charge in [0.15, 0.2) is 6.29 Å². The predicted molar refractivity (Wildman–Crippen MR) is 67.4 cm³/mol. The van der Waals surface area contributed by atoms with E-state index in [0.717, 1.165) is 30.7 Å². The molecule has 1 fully saturated rings. The van der Waals surface area contributed by atoms with Crippen molar-refractivity contribution in [3.8, 4) is 0 Å². The van der Waals surface area contributed by atoms with Crippen molar-refractivity contribution in [3.63, 3.8) is 0 Å². The summed E-state index contributed by atoms with van der Waals surface area (Å²) in [6.07, 6.45) is 7.21. The number of hydrogen-bond acceptors (Lipinski definition) is 3. The standard InChI is InChI=1S/C14H19NO2/c1-12(13-6-2-4-9-15-13)8-11-17-14-7-3-5-10-16-14/h2,4,6,8-9,14H,3,5,7,10-11H2,1H3/b12-8-. The van der Waals surface area contributed by atoms with Gasteiger partial charge in [0.25, 0.3) is 0 Å². The van der Waals surface area contributed by atoms with Gasteiger partial charge in [-0.15, -0.1) is 0 Å². The molecule has 92 valence electrons. The van der Waals surface area contributed by atoms with Crippen LogP contribution in [-0.2, 0) is 9.47 Å². The fourth-order valence-corrected chi connectivity index (χ4v) is 1.82. The molecule has 17 heavy (non-hydrogen) atoms. The first kappa shape index (κ1) is 12.3. The van der Waals surface area contributed by atoms with Crippen LogP contribution in [0.25, 0.3) is 5.57 Å². The third-order valence-corrected chi connectivity index (χ3v) is 2.88. The molecule has 2 rings (SSSR count). The van der Waals surface area contributed by atoms with Gasteiger partial charge in [-0.25, -0.2) is 0 Å². The second-order valence-corrected chi connectivity index (χ2v) is 4.23. The Kier molecular flexibility index (Phi) is 4.71. The zero-order chi connectivity index (χ0) is 11.9. The second kappa shape index (κ2) is 6.52. The maximum absolute atomic E-state index is 5.65. The number of aromatic nitrogens is 1. The van der Waals surface area contributed by atoms with E-state index >= 15 is 0 Å². The highest BCUT2D eigenvalue weighted by Gasteiger charge is 2.12. The van der Waals surface area contributed by atoms with Gasteiger partial charge >= 0.3 is 0 Å². The SMILES string of the molecule is C/C(=C/COC1CCCCO1)c1ccccn1. The Morgan fingerprint density at radius 3 is 3.18 bits per heavy atom. The van der Waals surface area contributed by atoms with Crippen LogP contribution >= 0.6 is 0 Å². The topological polar surface area (TPSA) is 31.4 Å². The summed E-state index contributed by atoms with van der Waals surface area (Å²) in [6, 6.07) is 5.91. The Labute approximate surface area is 102 Å². The van der Waals surface area contributed by atoms with Crippen LogP contribution in [0.4, 0.5) is 0 Å². The van der Waals surface area contributed by atoms with Gasteiger partial charge in [-0.3, -0.25) is 4.98 Å². The molecular weight excluding hydrogens is 214 g/mol. The highest BCUT2D eigenvalue weighted by Crippen LogP contribution is 2.14. The lowest BCUT2D eigenvalue weighted by molar-refractivity contribution is -0.155. The molecule has 3 heteroatoms. The normalized spacial score (nSPS) is 21.5. The monoisotopic (exact) mass is 233 g/mol. The number of rotatable bonds is 4. The molecule has 1 aliphatic heterocycles. The smallest absolute Gasteiger partial charge is 0.157 e. The Morgan fingerprint density at radius 2 is 2.47 bits per heavy atom. The van der Waals surface area contributed by atoms with E-state index in [0.29, 0.717) is 6.61 Å². The molecule has 0 aliphatic carbocycles. The lowest BCUT2D eigenvalue weighted by atomic mass is 10.2. The van der Waals surface area contributed by atoms with Crippen LogP contribution in [-0.4, -0.2) is 24.5 Å². The third-order valence-electron chi connectivity index (χ3n) is 2.88. The summed E-state index contributed by atoms with van der Waals surface area (Å²) in [5.41, 5.74) is 2.14. The number of nitrogens with zero attached hydrogens (tertiary/aromatic N) is 1. The van der Waals surface area contributed by atoms with Crippen molar-refractivity contribution < 1.29 is 9.47 Å². The fourth-order valence-electron chi connectivity index (χ4n) is 1.82. The Hall–Kier alpha value is -1.19. The van der Waals surface area contributed by atoms with Crippen LogP contribution in [0.5, 0.6) is 0 Å². The molecule has 1 atom stereocenters. The van der Waals surface area contributed by atoms with E-state index in [4.69, 9.17) is 9.47 Å².